The minimum absolute atomic E-state index is 0.0442. The van der Waals surface area contributed by atoms with Gasteiger partial charge in [-0.15, -0.1) is 0 Å². The molecule has 112 valence electrons. The number of aromatic nitrogens is 2. The van der Waals surface area contributed by atoms with Crippen LogP contribution in [0, 0.1) is 10.1 Å². The lowest BCUT2D eigenvalue weighted by Crippen LogP contribution is -1.94. The highest BCUT2D eigenvalue weighted by Gasteiger charge is 2.11. The fourth-order valence-corrected chi connectivity index (χ4v) is 2.20. The number of non-ortho nitro benzene ring substituents is 1. The minimum atomic E-state index is -0.417. The van der Waals surface area contributed by atoms with Gasteiger partial charge in [-0.1, -0.05) is 19.1 Å². The zero-order valence-corrected chi connectivity index (χ0v) is 12.1. The Labute approximate surface area is 126 Å². The standard InChI is InChI=1S/C16H15N3O3/c1-2-8-22-13-5-3-4-11(9-13)16-17-14-7-6-12(19(20)21)10-15(14)18-16/h3-7,9-10H,2,8H2,1H3,(H,17,18). The number of nitro groups is 1. The van der Waals surface area contributed by atoms with E-state index >= 15 is 0 Å². The average molecular weight is 297 g/mol. The van der Waals surface area contributed by atoms with E-state index in [1.807, 2.05) is 24.3 Å². The molecule has 0 fully saturated rings. The Bertz CT molecular complexity index is 826. The lowest BCUT2D eigenvalue weighted by molar-refractivity contribution is -0.384. The van der Waals surface area contributed by atoms with Crippen LogP contribution in [0.25, 0.3) is 22.4 Å². The second-order valence-corrected chi connectivity index (χ2v) is 4.92. The Kier molecular flexibility index (Phi) is 3.74. The summed E-state index contributed by atoms with van der Waals surface area (Å²) >= 11 is 0. The zero-order valence-electron chi connectivity index (χ0n) is 12.1. The van der Waals surface area contributed by atoms with Crippen LogP contribution in [-0.4, -0.2) is 21.5 Å². The molecule has 3 aromatic rings. The summed E-state index contributed by atoms with van der Waals surface area (Å²) in [6, 6.07) is 12.2. The lowest BCUT2D eigenvalue weighted by Gasteiger charge is -2.05. The maximum Gasteiger partial charge on any atom is 0.271 e. The van der Waals surface area contributed by atoms with Crippen molar-refractivity contribution in [1.29, 1.82) is 0 Å². The first-order valence-corrected chi connectivity index (χ1v) is 7.05. The van der Waals surface area contributed by atoms with E-state index in [-0.39, 0.29) is 5.69 Å². The van der Waals surface area contributed by atoms with Gasteiger partial charge in [0, 0.05) is 17.7 Å². The van der Waals surface area contributed by atoms with Gasteiger partial charge in [0.15, 0.2) is 0 Å². The van der Waals surface area contributed by atoms with Crippen LogP contribution >= 0.6 is 0 Å². The molecule has 3 rings (SSSR count). The molecule has 0 saturated carbocycles. The van der Waals surface area contributed by atoms with Crippen molar-refractivity contribution in [2.75, 3.05) is 6.61 Å². The monoisotopic (exact) mass is 297 g/mol. The quantitative estimate of drug-likeness (QED) is 0.571. The first-order valence-electron chi connectivity index (χ1n) is 7.05. The summed E-state index contributed by atoms with van der Waals surface area (Å²) in [5.74, 6) is 1.45. The van der Waals surface area contributed by atoms with Crippen LogP contribution in [0.15, 0.2) is 42.5 Å². The number of benzene rings is 2. The van der Waals surface area contributed by atoms with Gasteiger partial charge in [0.1, 0.15) is 11.6 Å². The summed E-state index contributed by atoms with van der Waals surface area (Å²) in [4.78, 5) is 18.0. The molecule has 2 aromatic carbocycles. The van der Waals surface area contributed by atoms with Gasteiger partial charge in [0.05, 0.1) is 22.6 Å². The maximum atomic E-state index is 10.8. The number of hydrogen-bond acceptors (Lipinski definition) is 4. The van der Waals surface area contributed by atoms with E-state index in [9.17, 15) is 10.1 Å². The van der Waals surface area contributed by atoms with Gasteiger partial charge in [0.25, 0.3) is 5.69 Å². The molecule has 6 heteroatoms. The van der Waals surface area contributed by atoms with Crippen molar-refractivity contribution in [3.8, 4) is 17.1 Å². The molecule has 0 atom stereocenters. The van der Waals surface area contributed by atoms with E-state index < -0.39 is 4.92 Å². The van der Waals surface area contributed by atoms with Crippen LogP contribution in [0.1, 0.15) is 13.3 Å². The first kappa shape index (κ1) is 14.1. The summed E-state index contributed by atoms with van der Waals surface area (Å²) in [7, 11) is 0. The third-order valence-electron chi connectivity index (χ3n) is 3.26. The number of hydrogen-bond donors (Lipinski definition) is 1. The van der Waals surface area contributed by atoms with E-state index in [1.165, 1.54) is 12.1 Å². The maximum absolute atomic E-state index is 10.8. The molecule has 0 radical (unpaired) electrons. The number of nitrogens with one attached hydrogen (secondary N) is 1. The fraction of sp³-hybridized carbons (Fsp3) is 0.188. The first-order chi connectivity index (χ1) is 10.7. The number of nitro benzene ring substituents is 1. The van der Waals surface area contributed by atoms with Crippen molar-refractivity contribution >= 4 is 16.7 Å². The van der Waals surface area contributed by atoms with Crippen LogP contribution in [0.3, 0.4) is 0 Å². The number of aromatic amines is 1. The molecule has 0 saturated heterocycles. The smallest absolute Gasteiger partial charge is 0.271 e. The molecule has 0 bridgehead atoms. The average Bonchev–Trinajstić information content (AvgIpc) is 2.96. The van der Waals surface area contributed by atoms with E-state index in [2.05, 4.69) is 16.9 Å². The van der Waals surface area contributed by atoms with E-state index in [0.717, 1.165) is 17.7 Å². The molecular weight excluding hydrogens is 282 g/mol. The van der Waals surface area contributed by atoms with Crippen molar-refractivity contribution in [2.24, 2.45) is 0 Å². The third-order valence-corrected chi connectivity index (χ3v) is 3.26. The number of ether oxygens (including phenoxy) is 1. The summed E-state index contributed by atoms with van der Waals surface area (Å²) < 4.78 is 5.61. The zero-order chi connectivity index (χ0) is 15.5. The number of H-pyrrole nitrogens is 1. The second kappa shape index (κ2) is 5.85. The largest absolute Gasteiger partial charge is 0.494 e. The Morgan fingerprint density at radius 1 is 1.27 bits per heavy atom. The van der Waals surface area contributed by atoms with E-state index in [0.29, 0.717) is 23.5 Å². The third kappa shape index (κ3) is 2.76. The highest BCUT2D eigenvalue weighted by molar-refractivity contribution is 5.81. The lowest BCUT2D eigenvalue weighted by atomic mass is 10.2. The molecule has 1 aromatic heterocycles. The van der Waals surface area contributed by atoms with E-state index in [1.54, 1.807) is 6.07 Å². The SMILES string of the molecule is CCCOc1cccc(-c2nc3ccc([N+](=O)[O-])cc3[nH]2)c1. The molecule has 0 unspecified atom stereocenters. The summed E-state index contributed by atoms with van der Waals surface area (Å²) in [6.45, 7) is 2.71. The molecule has 0 aliphatic carbocycles. The molecule has 0 amide bonds. The van der Waals surface area contributed by atoms with Crippen LogP contribution in [0.4, 0.5) is 5.69 Å². The minimum Gasteiger partial charge on any atom is -0.494 e. The second-order valence-electron chi connectivity index (χ2n) is 4.92. The predicted octanol–water partition coefficient (Wildman–Crippen LogP) is 3.93. The van der Waals surface area contributed by atoms with Crippen molar-refractivity contribution in [3.05, 3.63) is 52.6 Å². The highest BCUT2D eigenvalue weighted by atomic mass is 16.6. The molecule has 1 N–H and O–H groups in total. The number of imidazole rings is 1. The van der Waals surface area contributed by atoms with Gasteiger partial charge < -0.3 is 9.72 Å². The molecular formula is C16H15N3O3. The summed E-state index contributed by atoms with van der Waals surface area (Å²) in [5.41, 5.74) is 2.26. The summed E-state index contributed by atoms with van der Waals surface area (Å²) in [6.07, 6.45) is 0.943. The number of rotatable bonds is 5. The van der Waals surface area contributed by atoms with Crippen LogP contribution in [0.5, 0.6) is 5.75 Å². The van der Waals surface area contributed by atoms with E-state index in [4.69, 9.17) is 4.74 Å². The summed E-state index contributed by atoms with van der Waals surface area (Å²) in [5, 5.41) is 10.8. The Morgan fingerprint density at radius 2 is 2.14 bits per heavy atom. The van der Waals surface area contributed by atoms with Gasteiger partial charge in [-0.25, -0.2) is 4.98 Å². The van der Waals surface area contributed by atoms with Crippen LogP contribution in [0.2, 0.25) is 0 Å². The number of nitrogens with zero attached hydrogens (tertiary/aromatic N) is 2. The Balaban J connectivity index is 1.97. The van der Waals surface area contributed by atoms with Crippen LogP contribution in [-0.2, 0) is 0 Å². The van der Waals surface area contributed by atoms with Gasteiger partial charge in [-0.2, -0.15) is 0 Å². The molecule has 6 nitrogen and oxygen atoms in total. The van der Waals surface area contributed by atoms with Crippen molar-refractivity contribution in [3.63, 3.8) is 0 Å². The molecule has 0 aliphatic rings. The van der Waals surface area contributed by atoms with Gasteiger partial charge in [-0.3, -0.25) is 10.1 Å². The van der Waals surface area contributed by atoms with Gasteiger partial charge in [0.2, 0.25) is 0 Å². The van der Waals surface area contributed by atoms with Gasteiger partial charge in [-0.05, 0) is 24.6 Å². The predicted molar refractivity (Wildman–Crippen MR) is 84.0 cm³/mol. The molecule has 22 heavy (non-hydrogen) atoms. The van der Waals surface area contributed by atoms with Crippen molar-refractivity contribution in [2.45, 2.75) is 13.3 Å². The van der Waals surface area contributed by atoms with Crippen molar-refractivity contribution < 1.29 is 9.66 Å². The highest BCUT2D eigenvalue weighted by Crippen LogP contribution is 2.26. The Morgan fingerprint density at radius 3 is 2.91 bits per heavy atom. The van der Waals surface area contributed by atoms with Gasteiger partial charge >= 0.3 is 0 Å². The normalized spacial score (nSPS) is 10.8. The fourth-order valence-electron chi connectivity index (χ4n) is 2.20. The van der Waals surface area contributed by atoms with Crippen molar-refractivity contribution in [1.82, 2.24) is 9.97 Å². The molecule has 1 heterocycles. The Hall–Kier alpha value is -2.89. The van der Waals surface area contributed by atoms with Crippen LogP contribution < -0.4 is 4.74 Å². The molecule has 0 aliphatic heterocycles. The number of fused-ring (bicyclic) bond motifs is 1. The topological polar surface area (TPSA) is 81.1 Å². The molecule has 0 spiro atoms.